The molecule has 1 heterocycles. The van der Waals surface area contributed by atoms with Crippen LogP contribution in [0.2, 0.25) is 5.22 Å². The van der Waals surface area contributed by atoms with Crippen molar-refractivity contribution < 1.29 is 18.7 Å². The van der Waals surface area contributed by atoms with Crippen molar-refractivity contribution in [3.05, 3.63) is 52.9 Å². The van der Waals surface area contributed by atoms with Gasteiger partial charge in [-0.15, -0.1) is 0 Å². The largest absolute Gasteiger partial charge is 0.462 e. The molecule has 0 aliphatic rings. The van der Waals surface area contributed by atoms with Crippen LogP contribution >= 0.6 is 11.6 Å². The molecular weight excluding hydrogens is 282 g/mol. The zero-order chi connectivity index (χ0) is 14.5. The molecule has 0 unspecified atom stereocenters. The van der Waals surface area contributed by atoms with Gasteiger partial charge < -0.3 is 14.5 Å². The second-order valence-corrected chi connectivity index (χ2v) is 4.20. The molecule has 0 aliphatic heterocycles. The maximum atomic E-state index is 11.9. The first-order valence-electron chi connectivity index (χ1n) is 5.93. The minimum atomic E-state index is -0.400. The van der Waals surface area contributed by atoms with Crippen LogP contribution in [0.3, 0.4) is 0 Å². The first-order chi connectivity index (χ1) is 9.61. The molecule has 0 radical (unpaired) electrons. The van der Waals surface area contributed by atoms with E-state index in [0.717, 1.165) is 0 Å². The van der Waals surface area contributed by atoms with Crippen molar-refractivity contribution >= 4 is 29.2 Å². The Labute approximate surface area is 120 Å². The smallest absolute Gasteiger partial charge is 0.338 e. The first kappa shape index (κ1) is 14.1. The number of halogens is 1. The third-order valence-electron chi connectivity index (χ3n) is 2.52. The van der Waals surface area contributed by atoms with E-state index in [1.807, 2.05) is 0 Å². The second-order valence-electron chi connectivity index (χ2n) is 3.86. The second kappa shape index (κ2) is 6.25. The molecule has 1 amide bonds. The highest BCUT2D eigenvalue weighted by atomic mass is 35.5. The highest BCUT2D eigenvalue weighted by Gasteiger charge is 2.13. The number of amides is 1. The monoisotopic (exact) mass is 293 g/mol. The fourth-order valence-electron chi connectivity index (χ4n) is 1.56. The van der Waals surface area contributed by atoms with Gasteiger partial charge >= 0.3 is 5.97 Å². The lowest BCUT2D eigenvalue weighted by molar-refractivity contribution is 0.0526. The molecule has 2 aromatic rings. The van der Waals surface area contributed by atoms with Gasteiger partial charge in [0.2, 0.25) is 5.22 Å². The van der Waals surface area contributed by atoms with Crippen molar-refractivity contribution in [1.29, 1.82) is 0 Å². The summed E-state index contributed by atoms with van der Waals surface area (Å²) >= 11 is 5.71. The van der Waals surface area contributed by atoms with Gasteiger partial charge in [-0.1, -0.05) is 0 Å². The number of carbonyl (C=O) groups excluding carboxylic acids is 2. The molecule has 6 heteroatoms. The minimum Gasteiger partial charge on any atom is -0.462 e. The first-order valence-corrected chi connectivity index (χ1v) is 6.31. The Balaban J connectivity index is 2.06. The molecule has 0 spiro atoms. The summed E-state index contributed by atoms with van der Waals surface area (Å²) in [4.78, 5) is 23.3. The van der Waals surface area contributed by atoms with Crippen molar-refractivity contribution in [1.82, 2.24) is 0 Å². The molecule has 20 heavy (non-hydrogen) atoms. The number of benzene rings is 1. The minimum absolute atomic E-state index is 0.0330. The Bertz CT molecular complexity index is 618. The molecule has 0 bridgehead atoms. The van der Waals surface area contributed by atoms with Gasteiger partial charge in [-0.3, -0.25) is 4.79 Å². The Kier molecular flexibility index (Phi) is 4.42. The molecule has 0 saturated heterocycles. The van der Waals surface area contributed by atoms with E-state index in [9.17, 15) is 9.59 Å². The van der Waals surface area contributed by atoms with Crippen molar-refractivity contribution in [3.8, 4) is 0 Å². The predicted octanol–water partition coefficient (Wildman–Crippen LogP) is 3.36. The van der Waals surface area contributed by atoms with Crippen LogP contribution in [0.4, 0.5) is 5.69 Å². The van der Waals surface area contributed by atoms with Crippen LogP contribution in [0.5, 0.6) is 0 Å². The summed E-state index contributed by atoms with van der Waals surface area (Å²) in [7, 11) is 0. The summed E-state index contributed by atoms with van der Waals surface area (Å²) in [5, 5.41) is 2.68. The van der Waals surface area contributed by atoms with Gasteiger partial charge in [0.25, 0.3) is 5.91 Å². The van der Waals surface area contributed by atoms with E-state index in [1.54, 1.807) is 31.2 Å². The lowest BCUT2D eigenvalue weighted by atomic mass is 10.2. The summed E-state index contributed by atoms with van der Waals surface area (Å²) in [5.41, 5.74) is 1.22. The van der Waals surface area contributed by atoms with Crippen LogP contribution in [0.25, 0.3) is 0 Å². The SMILES string of the molecule is CCOC(=O)c1ccc(NC(=O)c2ccoc2Cl)cc1. The van der Waals surface area contributed by atoms with Crippen molar-refractivity contribution in [2.24, 2.45) is 0 Å². The summed E-state index contributed by atoms with van der Waals surface area (Å²) in [6.45, 7) is 2.05. The number of anilines is 1. The van der Waals surface area contributed by atoms with E-state index in [2.05, 4.69) is 5.32 Å². The lowest BCUT2D eigenvalue weighted by Crippen LogP contribution is -2.11. The van der Waals surface area contributed by atoms with E-state index in [4.69, 9.17) is 20.8 Å². The molecule has 0 aliphatic carbocycles. The van der Waals surface area contributed by atoms with Gasteiger partial charge in [-0.05, 0) is 48.9 Å². The number of carbonyl (C=O) groups is 2. The van der Waals surface area contributed by atoms with Crippen LogP contribution in [-0.2, 0) is 4.74 Å². The fourth-order valence-corrected chi connectivity index (χ4v) is 1.76. The summed E-state index contributed by atoms with van der Waals surface area (Å²) < 4.78 is 9.71. The lowest BCUT2D eigenvalue weighted by Gasteiger charge is -2.05. The normalized spacial score (nSPS) is 10.1. The number of esters is 1. The van der Waals surface area contributed by atoms with Crippen LogP contribution in [0.15, 0.2) is 41.0 Å². The van der Waals surface area contributed by atoms with Crippen molar-refractivity contribution in [3.63, 3.8) is 0 Å². The summed E-state index contributed by atoms with van der Waals surface area (Å²) in [6, 6.07) is 7.84. The number of rotatable bonds is 4. The van der Waals surface area contributed by atoms with Gasteiger partial charge in [0.15, 0.2) is 0 Å². The van der Waals surface area contributed by atoms with E-state index in [0.29, 0.717) is 17.9 Å². The van der Waals surface area contributed by atoms with Gasteiger partial charge in [-0.2, -0.15) is 0 Å². The third-order valence-corrected chi connectivity index (χ3v) is 2.81. The molecule has 1 aromatic carbocycles. The Morgan fingerprint density at radius 3 is 2.50 bits per heavy atom. The van der Waals surface area contributed by atoms with E-state index in [-0.39, 0.29) is 16.7 Å². The Morgan fingerprint density at radius 2 is 1.95 bits per heavy atom. The summed E-state index contributed by atoms with van der Waals surface area (Å²) in [5.74, 6) is -0.782. The highest BCUT2D eigenvalue weighted by molar-refractivity contribution is 6.32. The topological polar surface area (TPSA) is 68.5 Å². The quantitative estimate of drug-likeness (QED) is 0.878. The number of hydrogen-bond acceptors (Lipinski definition) is 4. The molecule has 5 nitrogen and oxygen atoms in total. The maximum Gasteiger partial charge on any atom is 0.338 e. The molecule has 0 fully saturated rings. The molecule has 0 atom stereocenters. The van der Waals surface area contributed by atoms with Crippen LogP contribution in [0, 0.1) is 0 Å². The van der Waals surface area contributed by atoms with Crippen LogP contribution in [0.1, 0.15) is 27.6 Å². The van der Waals surface area contributed by atoms with Gasteiger partial charge in [0.05, 0.1) is 24.0 Å². The van der Waals surface area contributed by atoms with Crippen molar-refractivity contribution in [2.45, 2.75) is 6.92 Å². The van der Waals surface area contributed by atoms with Crippen molar-refractivity contribution in [2.75, 3.05) is 11.9 Å². The maximum absolute atomic E-state index is 11.9. The molecule has 2 rings (SSSR count). The number of ether oxygens (including phenoxy) is 1. The number of nitrogens with one attached hydrogen (secondary N) is 1. The molecule has 104 valence electrons. The fraction of sp³-hybridized carbons (Fsp3) is 0.143. The average molecular weight is 294 g/mol. The Hall–Kier alpha value is -2.27. The highest BCUT2D eigenvalue weighted by Crippen LogP contribution is 2.19. The average Bonchev–Trinajstić information content (AvgIpc) is 2.86. The molecule has 0 saturated carbocycles. The van der Waals surface area contributed by atoms with Crippen LogP contribution in [-0.4, -0.2) is 18.5 Å². The molecule has 1 aromatic heterocycles. The summed E-state index contributed by atoms with van der Waals surface area (Å²) in [6.07, 6.45) is 1.33. The van der Waals surface area contributed by atoms with Gasteiger partial charge in [0, 0.05) is 5.69 Å². The standard InChI is InChI=1S/C14H12ClNO4/c1-2-19-14(18)9-3-5-10(6-4-9)16-13(17)11-7-8-20-12(11)15/h3-8H,2H2,1H3,(H,16,17). The zero-order valence-corrected chi connectivity index (χ0v) is 11.4. The predicted molar refractivity (Wildman–Crippen MR) is 74.1 cm³/mol. The third kappa shape index (κ3) is 3.19. The zero-order valence-electron chi connectivity index (χ0n) is 10.7. The number of furan rings is 1. The van der Waals surface area contributed by atoms with E-state index >= 15 is 0 Å². The molecule has 1 N–H and O–H groups in total. The van der Waals surface area contributed by atoms with Gasteiger partial charge in [-0.25, -0.2) is 4.79 Å². The van der Waals surface area contributed by atoms with E-state index < -0.39 is 5.97 Å². The number of hydrogen-bond donors (Lipinski definition) is 1. The van der Waals surface area contributed by atoms with Crippen LogP contribution < -0.4 is 5.32 Å². The van der Waals surface area contributed by atoms with E-state index in [1.165, 1.54) is 12.3 Å². The Morgan fingerprint density at radius 1 is 1.25 bits per heavy atom. The van der Waals surface area contributed by atoms with Gasteiger partial charge in [0.1, 0.15) is 0 Å². The molecular formula is C14H12ClNO4.